The summed E-state index contributed by atoms with van der Waals surface area (Å²) in [6, 6.07) is 7.35. The number of amides is 1. The van der Waals surface area contributed by atoms with Gasteiger partial charge in [-0.15, -0.1) is 0 Å². The van der Waals surface area contributed by atoms with Gasteiger partial charge in [-0.1, -0.05) is 39.0 Å². The molecule has 4 nitrogen and oxygen atoms in total. The van der Waals surface area contributed by atoms with Gasteiger partial charge < -0.3 is 15.2 Å². The molecule has 0 aliphatic rings. The molecule has 0 aliphatic heterocycles. The molecule has 2 N–H and O–H groups in total. The zero-order valence-electron chi connectivity index (χ0n) is 14.3. The van der Waals surface area contributed by atoms with Crippen molar-refractivity contribution in [3.8, 4) is 5.75 Å². The van der Waals surface area contributed by atoms with Gasteiger partial charge in [0.25, 0.3) is 0 Å². The number of hydrogen-bond donors (Lipinski definition) is 2. The quantitative estimate of drug-likeness (QED) is 0.814. The number of ether oxygens (including phenoxy) is 1. The maximum absolute atomic E-state index is 12.2. The first-order chi connectivity index (χ1) is 10.2. The average molecular weight is 307 g/mol. The van der Waals surface area contributed by atoms with Gasteiger partial charge in [-0.2, -0.15) is 0 Å². The number of aliphatic hydroxyl groups excluding tert-OH is 1. The van der Waals surface area contributed by atoms with Crippen LogP contribution in [-0.4, -0.2) is 29.8 Å². The van der Waals surface area contributed by atoms with E-state index in [4.69, 9.17) is 4.74 Å². The van der Waals surface area contributed by atoms with Crippen LogP contribution in [0.4, 0.5) is 0 Å². The summed E-state index contributed by atoms with van der Waals surface area (Å²) in [7, 11) is 0. The minimum absolute atomic E-state index is 0.0485. The van der Waals surface area contributed by atoms with Gasteiger partial charge in [0.1, 0.15) is 5.75 Å². The smallest absolute Gasteiger partial charge is 0.224 e. The fourth-order valence-electron chi connectivity index (χ4n) is 2.37. The lowest BCUT2D eigenvalue weighted by Gasteiger charge is -2.25. The third kappa shape index (κ3) is 6.94. The summed E-state index contributed by atoms with van der Waals surface area (Å²) in [5.74, 6) is 0.645. The highest BCUT2D eigenvalue weighted by Gasteiger charge is 2.20. The van der Waals surface area contributed by atoms with Gasteiger partial charge in [0.15, 0.2) is 0 Å². The second kappa shape index (κ2) is 8.18. The lowest BCUT2D eigenvalue weighted by Crippen LogP contribution is -2.40. The normalized spacial score (nSPS) is 13.0. The van der Waals surface area contributed by atoms with E-state index in [2.05, 4.69) is 26.1 Å². The van der Waals surface area contributed by atoms with E-state index in [1.807, 2.05) is 38.1 Å². The van der Waals surface area contributed by atoms with Crippen LogP contribution in [0.15, 0.2) is 24.3 Å². The van der Waals surface area contributed by atoms with Crippen molar-refractivity contribution in [3.63, 3.8) is 0 Å². The van der Waals surface area contributed by atoms with Gasteiger partial charge >= 0.3 is 0 Å². The standard InChI is InChI=1S/C18H29NO3/c1-13(2)22-16-9-7-6-8-14(16)10-17(21)19-15(12-20)11-18(3,4)5/h6-9,13,15,20H,10-12H2,1-5H3,(H,19,21). The van der Waals surface area contributed by atoms with Crippen LogP contribution in [0, 0.1) is 5.41 Å². The number of rotatable bonds is 7. The van der Waals surface area contributed by atoms with Crippen LogP contribution in [0.25, 0.3) is 0 Å². The summed E-state index contributed by atoms with van der Waals surface area (Å²) in [6.45, 7) is 10.1. The third-order valence-corrected chi connectivity index (χ3v) is 3.13. The van der Waals surface area contributed by atoms with Gasteiger partial charge in [0, 0.05) is 5.56 Å². The maximum atomic E-state index is 12.2. The number of aliphatic hydroxyl groups is 1. The van der Waals surface area contributed by atoms with E-state index in [1.165, 1.54) is 0 Å². The van der Waals surface area contributed by atoms with Crippen molar-refractivity contribution < 1.29 is 14.6 Å². The van der Waals surface area contributed by atoms with Crippen LogP contribution in [-0.2, 0) is 11.2 Å². The lowest BCUT2D eigenvalue weighted by molar-refractivity contribution is -0.121. The zero-order valence-corrected chi connectivity index (χ0v) is 14.3. The summed E-state index contributed by atoms with van der Waals surface area (Å²) >= 11 is 0. The highest BCUT2D eigenvalue weighted by atomic mass is 16.5. The van der Waals surface area contributed by atoms with E-state index in [0.29, 0.717) is 0 Å². The Hall–Kier alpha value is -1.55. The number of nitrogens with one attached hydrogen (secondary N) is 1. The Morgan fingerprint density at radius 1 is 1.27 bits per heavy atom. The molecular formula is C18H29NO3. The second-order valence-electron chi connectivity index (χ2n) is 7.16. The van der Waals surface area contributed by atoms with Crippen molar-refractivity contribution in [2.24, 2.45) is 5.41 Å². The van der Waals surface area contributed by atoms with Gasteiger partial charge in [-0.25, -0.2) is 0 Å². The molecule has 22 heavy (non-hydrogen) atoms. The van der Waals surface area contributed by atoms with E-state index in [1.54, 1.807) is 0 Å². The third-order valence-electron chi connectivity index (χ3n) is 3.13. The summed E-state index contributed by atoms with van der Waals surface area (Å²) in [6.07, 6.45) is 1.05. The van der Waals surface area contributed by atoms with Crippen LogP contribution >= 0.6 is 0 Å². The zero-order chi connectivity index (χ0) is 16.8. The Kier molecular flexibility index (Phi) is 6.88. The molecule has 0 spiro atoms. The van der Waals surface area contributed by atoms with Gasteiger partial charge in [-0.05, 0) is 31.7 Å². The van der Waals surface area contributed by atoms with Gasteiger partial charge in [-0.3, -0.25) is 4.79 Å². The monoisotopic (exact) mass is 307 g/mol. The minimum atomic E-state index is -0.217. The fourth-order valence-corrected chi connectivity index (χ4v) is 2.37. The Labute approximate surface area is 133 Å². The maximum Gasteiger partial charge on any atom is 0.224 e. The molecule has 1 amide bonds. The lowest BCUT2D eigenvalue weighted by atomic mass is 9.88. The highest BCUT2D eigenvalue weighted by molar-refractivity contribution is 5.79. The number of carbonyl (C=O) groups excluding carboxylic acids is 1. The van der Waals surface area contributed by atoms with E-state index >= 15 is 0 Å². The van der Waals surface area contributed by atoms with Crippen molar-refractivity contribution >= 4 is 5.91 Å². The molecule has 0 aliphatic carbocycles. The number of carbonyl (C=O) groups is 1. The fraction of sp³-hybridized carbons (Fsp3) is 0.611. The summed E-state index contributed by atoms with van der Waals surface area (Å²) in [5.41, 5.74) is 0.917. The van der Waals surface area contributed by atoms with E-state index in [9.17, 15) is 9.90 Å². The second-order valence-corrected chi connectivity index (χ2v) is 7.16. The first kappa shape index (κ1) is 18.5. The van der Waals surface area contributed by atoms with Gasteiger partial charge in [0.2, 0.25) is 5.91 Å². The number of benzene rings is 1. The van der Waals surface area contributed by atoms with Crippen molar-refractivity contribution in [2.45, 2.75) is 59.6 Å². The van der Waals surface area contributed by atoms with Crippen molar-refractivity contribution in [3.05, 3.63) is 29.8 Å². The highest BCUT2D eigenvalue weighted by Crippen LogP contribution is 2.22. The minimum Gasteiger partial charge on any atom is -0.491 e. The van der Waals surface area contributed by atoms with Crippen LogP contribution < -0.4 is 10.1 Å². The van der Waals surface area contributed by atoms with Gasteiger partial charge in [0.05, 0.1) is 25.2 Å². The van der Waals surface area contributed by atoms with Crippen LogP contribution in [0.5, 0.6) is 5.75 Å². The molecule has 0 saturated heterocycles. The molecular weight excluding hydrogens is 278 g/mol. The summed E-state index contributed by atoms with van der Waals surface area (Å²) < 4.78 is 5.73. The molecule has 0 fully saturated rings. The summed E-state index contributed by atoms with van der Waals surface area (Å²) in [4.78, 5) is 12.2. The Bertz CT molecular complexity index is 477. The van der Waals surface area contributed by atoms with Crippen molar-refractivity contribution in [1.29, 1.82) is 0 Å². The molecule has 1 aromatic carbocycles. The molecule has 124 valence electrons. The van der Waals surface area contributed by atoms with Crippen molar-refractivity contribution in [2.75, 3.05) is 6.61 Å². The largest absolute Gasteiger partial charge is 0.491 e. The Morgan fingerprint density at radius 3 is 2.45 bits per heavy atom. The molecule has 1 atom stereocenters. The number of hydrogen-bond acceptors (Lipinski definition) is 3. The molecule has 0 radical (unpaired) electrons. The number of para-hydroxylation sites is 1. The SMILES string of the molecule is CC(C)Oc1ccccc1CC(=O)NC(CO)CC(C)(C)C. The van der Waals surface area contributed by atoms with Crippen LogP contribution in [0.3, 0.4) is 0 Å². The Balaban J connectivity index is 2.68. The molecule has 1 aromatic rings. The first-order valence-corrected chi connectivity index (χ1v) is 7.86. The molecule has 0 saturated carbocycles. The molecule has 4 heteroatoms. The molecule has 1 rings (SSSR count). The van der Waals surface area contributed by atoms with Crippen LogP contribution in [0.2, 0.25) is 0 Å². The van der Waals surface area contributed by atoms with E-state index in [-0.39, 0.29) is 36.5 Å². The van der Waals surface area contributed by atoms with E-state index in [0.717, 1.165) is 17.7 Å². The van der Waals surface area contributed by atoms with E-state index < -0.39 is 0 Å². The van der Waals surface area contributed by atoms with Crippen molar-refractivity contribution in [1.82, 2.24) is 5.32 Å². The Morgan fingerprint density at radius 2 is 1.91 bits per heavy atom. The topological polar surface area (TPSA) is 58.6 Å². The summed E-state index contributed by atoms with van der Waals surface area (Å²) in [5, 5.41) is 12.3. The molecule has 1 unspecified atom stereocenters. The van der Waals surface area contributed by atoms with Crippen LogP contribution in [0.1, 0.15) is 46.6 Å². The average Bonchev–Trinajstić information content (AvgIpc) is 2.38. The molecule has 0 aromatic heterocycles. The predicted molar refractivity (Wildman–Crippen MR) is 89.0 cm³/mol. The predicted octanol–water partition coefficient (Wildman–Crippen LogP) is 2.93. The molecule has 0 heterocycles. The molecule has 0 bridgehead atoms. The first-order valence-electron chi connectivity index (χ1n) is 7.86.